The molecule has 0 atom stereocenters. The summed E-state index contributed by atoms with van der Waals surface area (Å²) in [6.45, 7) is 7.03. The highest BCUT2D eigenvalue weighted by Crippen LogP contribution is 2.28. The fraction of sp³-hybridized carbons (Fsp3) is 0.520. The smallest absolute Gasteiger partial charge is 0.121 e. The number of hydrogen-bond acceptors (Lipinski definition) is 3. The molecule has 0 aromatic heterocycles. The molecular weight excluding hydrogens is 451 g/mol. The Morgan fingerprint density at radius 1 is 0.774 bits per heavy atom. The van der Waals surface area contributed by atoms with Crippen molar-refractivity contribution in [3.05, 3.63) is 63.1 Å². The van der Waals surface area contributed by atoms with Crippen molar-refractivity contribution in [2.45, 2.75) is 38.2 Å². The van der Waals surface area contributed by atoms with E-state index in [9.17, 15) is 0 Å². The van der Waals surface area contributed by atoms with Crippen LogP contribution in [-0.2, 0) is 6.42 Å². The molecule has 2 heterocycles. The van der Waals surface area contributed by atoms with Crippen LogP contribution in [0.15, 0.2) is 42.5 Å². The lowest BCUT2D eigenvalue weighted by molar-refractivity contribution is 0.0783. The van der Waals surface area contributed by atoms with Crippen molar-refractivity contribution in [2.75, 3.05) is 39.3 Å². The molecule has 2 aliphatic rings. The summed E-state index contributed by atoms with van der Waals surface area (Å²) in [6, 6.07) is 13.8. The van der Waals surface area contributed by atoms with Crippen molar-refractivity contribution in [3.63, 3.8) is 0 Å². The third kappa shape index (κ3) is 7.00. The first-order valence-corrected chi connectivity index (χ1v) is 12.5. The minimum atomic E-state index is 0.267. The van der Waals surface area contributed by atoms with Gasteiger partial charge in [-0.05, 0) is 80.9 Å². The third-order valence-electron chi connectivity index (χ3n) is 6.58. The van der Waals surface area contributed by atoms with Crippen LogP contribution >= 0.6 is 34.8 Å². The Balaban J connectivity index is 1.13. The zero-order valence-corrected chi connectivity index (χ0v) is 20.2. The van der Waals surface area contributed by atoms with Crippen LogP contribution in [0, 0.1) is 5.92 Å². The van der Waals surface area contributed by atoms with E-state index < -0.39 is 0 Å². The number of hydrogen-bond donors (Lipinski definition) is 0. The van der Waals surface area contributed by atoms with Crippen molar-refractivity contribution >= 4 is 34.8 Å². The molecule has 0 bridgehead atoms. The van der Waals surface area contributed by atoms with Crippen molar-refractivity contribution in [1.29, 1.82) is 0 Å². The van der Waals surface area contributed by atoms with Gasteiger partial charge in [0.05, 0.1) is 10.0 Å². The molecule has 2 aromatic carbocycles. The largest absolute Gasteiger partial charge is 0.490 e. The molecule has 0 amide bonds. The highest BCUT2D eigenvalue weighted by Gasteiger charge is 2.25. The summed E-state index contributed by atoms with van der Waals surface area (Å²) in [4.78, 5) is 5.24. The summed E-state index contributed by atoms with van der Waals surface area (Å²) in [5.74, 6) is 1.64. The number of halogens is 3. The Morgan fingerprint density at radius 2 is 1.45 bits per heavy atom. The lowest BCUT2D eigenvalue weighted by Crippen LogP contribution is -2.43. The van der Waals surface area contributed by atoms with Gasteiger partial charge < -0.3 is 14.5 Å². The van der Waals surface area contributed by atoms with Crippen molar-refractivity contribution in [2.24, 2.45) is 5.92 Å². The molecule has 168 valence electrons. The monoisotopic (exact) mass is 480 g/mol. The number of nitrogens with zero attached hydrogens (tertiary/aromatic N) is 2. The van der Waals surface area contributed by atoms with Gasteiger partial charge >= 0.3 is 0 Å². The molecule has 0 radical (unpaired) electrons. The Kier molecular flexibility index (Phi) is 8.42. The van der Waals surface area contributed by atoms with E-state index in [1.54, 1.807) is 6.07 Å². The number of likely N-dealkylation sites (tertiary alicyclic amines) is 2. The minimum absolute atomic E-state index is 0.267. The van der Waals surface area contributed by atoms with Crippen LogP contribution in [0.5, 0.6) is 5.75 Å². The van der Waals surface area contributed by atoms with Gasteiger partial charge in [-0.15, -0.1) is 0 Å². The highest BCUT2D eigenvalue weighted by atomic mass is 35.5. The minimum Gasteiger partial charge on any atom is -0.490 e. The standard InChI is InChI=1S/C25H31Cl3N2O/c26-21-3-1-19(2-4-21)7-12-29-13-8-20(9-14-29)18-30-15-10-22(11-16-30)31-23-5-6-24(27)25(28)17-23/h1-6,17,20,22H,7-16,18H2. The van der Waals surface area contributed by atoms with Gasteiger partial charge in [-0.3, -0.25) is 0 Å². The van der Waals surface area contributed by atoms with Crippen LogP contribution < -0.4 is 4.74 Å². The lowest BCUT2D eigenvalue weighted by Gasteiger charge is -2.37. The maximum absolute atomic E-state index is 6.13. The molecule has 2 aliphatic heterocycles. The van der Waals surface area contributed by atoms with Crippen LogP contribution in [-0.4, -0.2) is 55.2 Å². The number of ether oxygens (including phenoxy) is 1. The Hall–Kier alpha value is -0.970. The lowest BCUT2D eigenvalue weighted by atomic mass is 9.94. The van der Waals surface area contributed by atoms with E-state index in [2.05, 4.69) is 21.9 Å². The van der Waals surface area contributed by atoms with Gasteiger partial charge in [-0.2, -0.15) is 0 Å². The van der Waals surface area contributed by atoms with Crippen LogP contribution in [0.1, 0.15) is 31.2 Å². The molecule has 0 spiro atoms. The summed E-state index contributed by atoms with van der Waals surface area (Å²) in [7, 11) is 0. The van der Waals surface area contributed by atoms with E-state index in [1.807, 2.05) is 24.3 Å². The van der Waals surface area contributed by atoms with Crippen molar-refractivity contribution in [3.8, 4) is 5.75 Å². The zero-order valence-electron chi connectivity index (χ0n) is 17.9. The molecule has 0 unspecified atom stereocenters. The zero-order chi connectivity index (χ0) is 21.6. The summed E-state index contributed by atoms with van der Waals surface area (Å²) in [5.41, 5.74) is 1.37. The number of piperidine rings is 2. The number of rotatable bonds is 7. The predicted molar refractivity (Wildman–Crippen MR) is 131 cm³/mol. The third-order valence-corrected chi connectivity index (χ3v) is 7.57. The van der Waals surface area contributed by atoms with E-state index in [0.717, 1.165) is 55.6 Å². The topological polar surface area (TPSA) is 15.7 Å². The molecule has 0 aliphatic carbocycles. The van der Waals surface area contributed by atoms with Crippen LogP contribution in [0.3, 0.4) is 0 Å². The number of benzene rings is 2. The first kappa shape index (κ1) is 23.2. The normalized spacial score (nSPS) is 19.6. The molecule has 31 heavy (non-hydrogen) atoms. The van der Waals surface area contributed by atoms with Crippen molar-refractivity contribution < 1.29 is 4.74 Å². The van der Waals surface area contributed by atoms with Crippen molar-refractivity contribution in [1.82, 2.24) is 9.80 Å². The SMILES string of the molecule is Clc1ccc(CCN2CCC(CN3CCC(Oc4ccc(Cl)c(Cl)c4)CC3)CC2)cc1. The fourth-order valence-electron chi connectivity index (χ4n) is 4.65. The second-order valence-electron chi connectivity index (χ2n) is 8.86. The van der Waals surface area contributed by atoms with E-state index in [-0.39, 0.29) is 6.10 Å². The Labute approximate surface area is 201 Å². The maximum Gasteiger partial charge on any atom is 0.121 e. The average molecular weight is 482 g/mol. The van der Waals surface area contributed by atoms with Gasteiger partial charge in [0.25, 0.3) is 0 Å². The average Bonchev–Trinajstić information content (AvgIpc) is 2.78. The Morgan fingerprint density at radius 3 is 2.13 bits per heavy atom. The molecule has 6 heteroatoms. The fourth-order valence-corrected chi connectivity index (χ4v) is 5.06. The van der Waals surface area contributed by atoms with Gasteiger partial charge in [0.2, 0.25) is 0 Å². The molecule has 2 saturated heterocycles. The van der Waals surface area contributed by atoms with Gasteiger partial charge in [0, 0.05) is 37.3 Å². The van der Waals surface area contributed by atoms with Gasteiger partial charge in [0.15, 0.2) is 0 Å². The quantitative estimate of drug-likeness (QED) is 0.452. The van der Waals surface area contributed by atoms with Crippen LogP contribution in [0.25, 0.3) is 0 Å². The van der Waals surface area contributed by atoms with E-state index in [4.69, 9.17) is 39.5 Å². The molecular formula is C25H31Cl3N2O. The van der Waals surface area contributed by atoms with Crippen LogP contribution in [0.4, 0.5) is 0 Å². The van der Waals surface area contributed by atoms with Gasteiger partial charge in [0.1, 0.15) is 11.9 Å². The molecule has 0 saturated carbocycles. The second-order valence-corrected chi connectivity index (χ2v) is 10.1. The molecule has 4 rings (SSSR count). The summed E-state index contributed by atoms with van der Waals surface area (Å²) in [6.07, 6.45) is 6.12. The highest BCUT2D eigenvalue weighted by molar-refractivity contribution is 6.42. The van der Waals surface area contributed by atoms with Gasteiger partial charge in [-0.1, -0.05) is 46.9 Å². The summed E-state index contributed by atoms with van der Waals surface area (Å²) < 4.78 is 6.13. The molecule has 3 nitrogen and oxygen atoms in total. The van der Waals surface area contributed by atoms with E-state index >= 15 is 0 Å². The second kappa shape index (κ2) is 11.2. The summed E-state index contributed by atoms with van der Waals surface area (Å²) in [5, 5.41) is 1.94. The molecule has 2 fully saturated rings. The molecule has 0 N–H and O–H groups in total. The first-order valence-electron chi connectivity index (χ1n) is 11.4. The summed E-state index contributed by atoms with van der Waals surface area (Å²) >= 11 is 18.1. The predicted octanol–water partition coefficient (Wildman–Crippen LogP) is 6.44. The van der Waals surface area contributed by atoms with Crippen LogP contribution in [0.2, 0.25) is 15.1 Å². The molecule has 2 aromatic rings. The van der Waals surface area contributed by atoms with E-state index in [0.29, 0.717) is 10.0 Å². The maximum atomic E-state index is 6.13. The Bertz CT molecular complexity index is 829. The van der Waals surface area contributed by atoms with Gasteiger partial charge in [-0.25, -0.2) is 0 Å². The first-order chi connectivity index (χ1) is 15.0. The van der Waals surface area contributed by atoms with E-state index in [1.165, 1.54) is 38.0 Å².